The number of rotatable bonds is 6. The molecule has 0 radical (unpaired) electrons. The largest absolute Gasteiger partial charge is 0.491 e. The maximum atomic E-state index is 13.8. The molecule has 10 heteroatoms. The number of aliphatic carboxylic acids is 1. The zero-order valence-corrected chi connectivity index (χ0v) is 22.6. The standard InChI is InChI=1S/C27H20Cl4FNO4/c1-27(2)11-16-15(23-20(30)9-14(32)10-21(23)31)7-6-13(17(16)12-37-27)8-22(26(35)36)33-25(34)24-18(28)4-3-5-19(24)29/h3-7,9-12,22H,8H2,1-2H3,(H,33,34)(H,35,36)/t22-/m0/s1. The van der Waals surface area contributed by atoms with E-state index in [1.165, 1.54) is 30.5 Å². The molecule has 0 aromatic heterocycles. The van der Waals surface area contributed by atoms with E-state index in [0.717, 1.165) is 0 Å². The summed E-state index contributed by atoms with van der Waals surface area (Å²) < 4.78 is 19.7. The molecule has 0 aliphatic carbocycles. The molecule has 1 atom stereocenters. The maximum Gasteiger partial charge on any atom is 0.326 e. The second-order valence-corrected chi connectivity index (χ2v) is 10.6. The van der Waals surface area contributed by atoms with Crippen molar-refractivity contribution in [2.24, 2.45) is 0 Å². The van der Waals surface area contributed by atoms with Crippen molar-refractivity contribution in [1.82, 2.24) is 5.32 Å². The van der Waals surface area contributed by atoms with Crippen LogP contribution in [-0.2, 0) is 16.0 Å². The van der Waals surface area contributed by atoms with Gasteiger partial charge in [-0.25, -0.2) is 9.18 Å². The van der Waals surface area contributed by atoms with Crippen LogP contribution in [-0.4, -0.2) is 28.6 Å². The summed E-state index contributed by atoms with van der Waals surface area (Å²) in [6.45, 7) is 3.70. The minimum absolute atomic E-state index is 0.0139. The molecule has 1 aliphatic rings. The van der Waals surface area contributed by atoms with Gasteiger partial charge in [-0.2, -0.15) is 0 Å². The summed E-state index contributed by atoms with van der Waals surface area (Å²) in [5, 5.41) is 14.1. The molecule has 192 valence electrons. The highest BCUT2D eigenvalue weighted by molar-refractivity contribution is 6.40. The lowest BCUT2D eigenvalue weighted by Gasteiger charge is -2.25. The second kappa shape index (κ2) is 10.5. The van der Waals surface area contributed by atoms with Crippen LogP contribution in [0.15, 0.2) is 42.5 Å². The van der Waals surface area contributed by atoms with E-state index >= 15 is 0 Å². The van der Waals surface area contributed by atoms with Gasteiger partial charge in [0, 0.05) is 17.2 Å². The first-order chi connectivity index (χ1) is 17.4. The van der Waals surface area contributed by atoms with Crippen LogP contribution in [0.1, 0.15) is 29.8 Å². The molecule has 3 aromatic rings. The lowest BCUT2D eigenvalue weighted by molar-refractivity contribution is -0.139. The van der Waals surface area contributed by atoms with Crippen LogP contribution in [0.3, 0.4) is 0 Å². The minimum atomic E-state index is -1.31. The third-order valence-corrected chi connectivity index (χ3v) is 7.07. The molecule has 37 heavy (non-hydrogen) atoms. The summed E-state index contributed by atoms with van der Waals surface area (Å²) in [6.07, 6.45) is 3.31. The van der Waals surface area contributed by atoms with Crippen LogP contribution >= 0.6 is 46.4 Å². The van der Waals surface area contributed by atoms with E-state index < -0.39 is 29.3 Å². The molecule has 0 spiro atoms. The van der Waals surface area contributed by atoms with Gasteiger partial charge in [-0.15, -0.1) is 0 Å². The predicted molar refractivity (Wildman–Crippen MR) is 144 cm³/mol. The Labute approximate surface area is 232 Å². The van der Waals surface area contributed by atoms with Gasteiger partial charge in [0.15, 0.2) is 0 Å². The van der Waals surface area contributed by atoms with Crippen LogP contribution < -0.4 is 15.8 Å². The number of hydrogen-bond acceptors (Lipinski definition) is 3. The molecule has 0 fully saturated rings. The molecule has 1 amide bonds. The summed E-state index contributed by atoms with van der Waals surface area (Å²) in [7, 11) is 0. The number of carbonyl (C=O) groups excluding carboxylic acids is 1. The monoisotopic (exact) mass is 581 g/mol. The van der Waals surface area contributed by atoms with E-state index in [0.29, 0.717) is 27.1 Å². The van der Waals surface area contributed by atoms with Crippen molar-refractivity contribution in [3.8, 4) is 11.1 Å². The maximum absolute atomic E-state index is 13.8. The molecule has 1 aliphatic heterocycles. The van der Waals surface area contributed by atoms with Crippen molar-refractivity contribution in [2.75, 3.05) is 0 Å². The molecule has 4 rings (SSSR count). The third kappa shape index (κ3) is 5.73. The second-order valence-electron chi connectivity index (χ2n) is 8.99. The summed E-state index contributed by atoms with van der Waals surface area (Å²) in [4.78, 5) is 25.0. The highest BCUT2D eigenvalue weighted by atomic mass is 35.5. The molecule has 1 heterocycles. The predicted octanol–water partition coefficient (Wildman–Crippen LogP) is 5.86. The van der Waals surface area contributed by atoms with E-state index in [1.54, 1.807) is 18.2 Å². The van der Waals surface area contributed by atoms with Gasteiger partial charge in [-0.3, -0.25) is 4.79 Å². The number of amides is 1. The topological polar surface area (TPSA) is 75.6 Å². The summed E-state index contributed by atoms with van der Waals surface area (Å²) in [5.74, 6) is -2.53. The van der Waals surface area contributed by atoms with Crippen molar-refractivity contribution < 1.29 is 23.8 Å². The van der Waals surface area contributed by atoms with E-state index in [-0.39, 0.29) is 32.1 Å². The lowest BCUT2D eigenvalue weighted by atomic mass is 9.92. The zero-order valence-electron chi connectivity index (χ0n) is 19.5. The highest BCUT2D eigenvalue weighted by Crippen LogP contribution is 2.34. The first-order valence-electron chi connectivity index (χ1n) is 11.0. The van der Waals surface area contributed by atoms with Gasteiger partial charge in [0.05, 0.1) is 31.9 Å². The average Bonchev–Trinajstić information content (AvgIpc) is 2.78. The van der Waals surface area contributed by atoms with Crippen molar-refractivity contribution >= 4 is 70.6 Å². The first-order valence-corrected chi connectivity index (χ1v) is 12.5. The number of halogens is 5. The number of carboxylic acid groups (broad SMARTS) is 1. The Bertz CT molecular complexity index is 1510. The fourth-order valence-corrected chi connectivity index (χ4v) is 5.36. The number of benzene rings is 3. The molecular formula is C27H20Cl4FNO4. The molecule has 0 unspecified atom stereocenters. The number of carbonyl (C=O) groups is 2. The summed E-state index contributed by atoms with van der Waals surface area (Å²) in [6, 6.07) is 9.02. The highest BCUT2D eigenvalue weighted by Gasteiger charge is 2.26. The fraction of sp³-hybridized carbons (Fsp3) is 0.185. The Kier molecular flexibility index (Phi) is 7.77. The average molecular weight is 583 g/mol. The molecule has 3 aromatic carbocycles. The van der Waals surface area contributed by atoms with Crippen LogP contribution in [0, 0.1) is 5.82 Å². The number of fused-ring (bicyclic) bond motifs is 1. The minimum Gasteiger partial charge on any atom is -0.491 e. The third-order valence-electron chi connectivity index (χ3n) is 5.84. The lowest BCUT2D eigenvalue weighted by Crippen LogP contribution is -2.45. The van der Waals surface area contributed by atoms with E-state index in [1.807, 2.05) is 19.9 Å². The Hall–Kier alpha value is -2.77. The number of ether oxygens (including phenoxy) is 1. The van der Waals surface area contributed by atoms with Crippen LogP contribution in [0.4, 0.5) is 4.39 Å². The molecule has 5 nitrogen and oxygen atoms in total. The van der Waals surface area contributed by atoms with Gasteiger partial charge < -0.3 is 15.2 Å². The first kappa shape index (κ1) is 27.3. The van der Waals surface area contributed by atoms with Gasteiger partial charge in [-0.1, -0.05) is 64.6 Å². The van der Waals surface area contributed by atoms with Crippen molar-refractivity contribution in [3.63, 3.8) is 0 Å². The molecule has 0 saturated heterocycles. The Balaban J connectivity index is 1.79. The zero-order chi connectivity index (χ0) is 27.1. The molecule has 0 bridgehead atoms. The molecular weight excluding hydrogens is 563 g/mol. The number of hydrogen-bond donors (Lipinski definition) is 2. The van der Waals surface area contributed by atoms with Crippen molar-refractivity contribution in [1.29, 1.82) is 0 Å². The summed E-state index contributed by atoms with van der Waals surface area (Å²) >= 11 is 25.0. The van der Waals surface area contributed by atoms with Gasteiger partial charge >= 0.3 is 5.97 Å². The molecule has 2 N–H and O–H groups in total. The molecule has 0 saturated carbocycles. The fourth-order valence-electron chi connectivity index (χ4n) is 4.13. The van der Waals surface area contributed by atoms with Crippen molar-refractivity contribution in [2.45, 2.75) is 31.9 Å². The van der Waals surface area contributed by atoms with Gasteiger partial charge in [0.2, 0.25) is 0 Å². The van der Waals surface area contributed by atoms with Gasteiger partial charge in [0.25, 0.3) is 5.91 Å². The van der Waals surface area contributed by atoms with Crippen molar-refractivity contribution in [3.05, 3.63) is 89.9 Å². The van der Waals surface area contributed by atoms with Gasteiger partial charge in [-0.05, 0) is 60.5 Å². The smallest absolute Gasteiger partial charge is 0.326 e. The Morgan fingerprint density at radius 3 is 2.22 bits per heavy atom. The van der Waals surface area contributed by atoms with Gasteiger partial charge in [0.1, 0.15) is 17.5 Å². The van der Waals surface area contributed by atoms with Crippen LogP contribution in [0.2, 0.25) is 20.1 Å². The van der Waals surface area contributed by atoms with E-state index in [4.69, 9.17) is 51.1 Å². The Morgan fingerprint density at radius 1 is 1.00 bits per heavy atom. The van der Waals surface area contributed by atoms with Crippen LogP contribution in [0.25, 0.3) is 23.5 Å². The van der Waals surface area contributed by atoms with E-state index in [9.17, 15) is 19.1 Å². The number of carboxylic acids is 1. The number of nitrogens with one attached hydrogen (secondary N) is 1. The van der Waals surface area contributed by atoms with E-state index in [2.05, 4.69) is 5.32 Å². The summed E-state index contributed by atoms with van der Waals surface area (Å²) in [5.41, 5.74) is 0.935. The quantitative estimate of drug-likeness (QED) is 0.382. The normalized spacial score (nSPS) is 14.5. The Morgan fingerprint density at radius 2 is 1.62 bits per heavy atom. The van der Waals surface area contributed by atoms with Crippen LogP contribution in [0.5, 0.6) is 0 Å². The SMILES string of the molecule is CC1(C)C=c2c(-c3c(Cl)cc(F)cc3Cl)ccc(C[C@H](NC(=O)c3c(Cl)cccc3Cl)C(=O)O)c2=CO1.